The maximum Gasteiger partial charge on any atom is 0.134 e. The first-order chi connectivity index (χ1) is 8.24. The number of fused-ring (bicyclic) bond motifs is 1. The zero-order valence-electron chi connectivity index (χ0n) is 10.3. The molecule has 1 unspecified atom stereocenters. The molecule has 1 aromatic heterocycles. The molecule has 92 valence electrons. The van der Waals surface area contributed by atoms with Crippen LogP contribution in [-0.2, 0) is 0 Å². The molecule has 1 N–H and O–H groups in total. The van der Waals surface area contributed by atoms with Gasteiger partial charge in [0.25, 0.3) is 0 Å². The standard InChI is InChI=1S/C14H18FNO/c1-3-4-5-12(16-2)14-9-10-8-11(15)6-7-13(10)17-14/h6-9,12,16H,3-5H2,1-2H3. The zero-order valence-corrected chi connectivity index (χ0v) is 10.3. The predicted molar refractivity (Wildman–Crippen MR) is 67.5 cm³/mol. The Kier molecular flexibility index (Phi) is 3.79. The minimum atomic E-state index is -0.223. The highest BCUT2D eigenvalue weighted by Gasteiger charge is 2.14. The second-order valence-electron chi connectivity index (χ2n) is 4.31. The Balaban J connectivity index is 2.27. The fourth-order valence-corrected chi connectivity index (χ4v) is 2.04. The summed E-state index contributed by atoms with van der Waals surface area (Å²) in [6, 6.07) is 6.76. The molecular weight excluding hydrogens is 217 g/mol. The summed E-state index contributed by atoms with van der Waals surface area (Å²) in [6.45, 7) is 2.17. The quantitative estimate of drug-likeness (QED) is 0.846. The zero-order chi connectivity index (χ0) is 12.3. The van der Waals surface area contributed by atoms with E-state index in [4.69, 9.17) is 4.42 Å². The van der Waals surface area contributed by atoms with Gasteiger partial charge in [0.1, 0.15) is 17.2 Å². The molecule has 0 fully saturated rings. The van der Waals surface area contributed by atoms with Gasteiger partial charge in [-0.15, -0.1) is 0 Å². The maximum absolute atomic E-state index is 13.1. The van der Waals surface area contributed by atoms with E-state index < -0.39 is 0 Å². The number of nitrogens with one attached hydrogen (secondary N) is 1. The van der Waals surface area contributed by atoms with Crippen LogP contribution in [0.3, 0.4) is 0 Å². The van der Waals surface area contributed by atoms with Gasteiger partial charge in [0.15, 0.2) is 0 Å². The molecule has 0 aliphatic rings. The van der Waals surface area contributed by atoms with Crippen LogP contribution in [0.4, 0.5) is 4.39 Å². The summed E-state index contributed by atoms with van der Waals surface area (Å²) in [4.78, 5) is 0. The fourth-order valence-electron chi connectivity index (χ4n) is 2.04. The predicted octanol–water partition coefficient (Wildman–Crippen LogP) is 4.02. The van der Waals surface area contributed by atoms with Crippen molar-refractivity contribution in [2.24, 2.45) is 0 Å². The van der Waals surface area contributed by atoms with Crippen LogP contribution in [0.25, 0.3) is 11.0 Å². The first-order valence-corrected chi connectivity index (χ1v) is 6.11. The van der Waals surface area contributed by atoms with E-state index in [0.717, 1.165) is 36.0 Å². The van der Waals surface area contributed by atoms with Crippen LogP contribution in [0.1, 0.15) is 38.0 Å². The van der Waals surface area contributed by atoms with Gasteiger partial charge in [-0.05, 0) is 37.7 Å². The molecule has 0 spiro atoms. The van der Waals surface area contributed by atoms with E-state index in [1.165, 1.54) is 12.1 Å². The largest absolute Gasteiger partial charge is 0.459 e. The molecule has 2 aromatic rings. The third-order valence-electron chi connectivity index (χ3n) is 3.04. The van der Waals surface area contributed by atoms with Crippen molar-refractivity contribution >= 4 is 11.0 Å². The summed E-state index contributed by atoms with van der Waals surface area (Å²) < 4.78 is 18.8. The van der Waals surface area contributed by atoms with Crippen molar-refractivity contribution in [3.63, 3.8) is 0 Å². The van der Waals surface area contributed by atoms with E-state index >= 15 is 0 Å². The number of halogens is 1. The molecule has 1 heterocycles. The van der Waals surface area contributed by atoms with Crippen molar-refractivity contribution < 1.29 is 8.81 Å². The number of hydrogen-bond donors (Lipinski definition) is 1. The molecular formula is C14H18FNO. The molecule has 0 radical (unpaired) electrons. The van der Waals surface area contributed by atoms with Gasteiger partial charge in [-0.1, -0.05) is 19.8 Å². The smallest absolute Gasteiger partial charge is 0.134 e. The molecule has 0 aliphatic heterocycles. The minimum absolute atomic E-state index is 0.213. The summed E-state index contributed by atoms with van der Waals surface area (Å²) in [5.41, 5.74) is 0.748. The fraction of sp³-hybridized carbons (Fsp3) is 0.429. The van der Waals surface area contributed by atoms with Crippen molar-refractivity contribution in [2.75, 3.05) is 7.05 Å². The number of unbranched alkanes of at least 4 members (excludes halogenated alkanes) is 1. The van der Waals surface area contributed by atoms with E-state index in [9.17, 15) is 4.39 Å². The van der Waals surface area contributed by atoms with Crippen molar-refractivity contribution in [2.45, 2.75) is 32.2 Å². The molecule has 1 aromatic carbocycles. The number of furan rings is 1. The van der Waals surface area contributed by atoms with Gasteiger partial charge >= 0.3 is 0 Å². The van der Waals surface area contributed by atoms with Crippen LogP contribution in [-0.4, -0.2) is 7.05 Å². The number of benzene rings is 1. The molecule has 3 heteroatoms. The average Bonchev–Trinajstić information content (AvgIpc) is 2.72. The van der Waals surface area contributed by atoms with Crippen molar-refractivity contribution in [3.05, 3.63) is 35.8 Å². The lowest BCUT2D eigenvalue weighted by Gasteiger charge is -2.12. The van der Waals surface area contributed by atoms with Crippen LogP contribution in [0.15, 0.2) is 28.7 Å². The van der Waals surface area contributed by atoms with Gasteiger partial charge in [-0.2, -0.15) is 0 Å². The van der Waals surface area contributed by atoms with E-state index in [-0.39, 0.29) is 11.9 Å². The third-order valence-corrected chi connectivity index (χ3v) is 3.04. The van der Waals surface area contributed by atoms with Crippen molar-refractivity contribution in [1.82, 2.24) is 5.32 Å². The Morgan fingerprint density at radius 3 is 2.88 bits per heavy atom. The first-order valence-electron chi connectivity index (χ1n) is 6.11. The molecule has 0 amide bonds. The highest BCUT2D eigenvalue weighted by atomic mass is 19.1. The van der Waals surface area contributed by atoms with Crippen LogP contribution in [0, 0.1) is 5.82 Å². The number of rotatable bonds is 5. The molecule has 2 nitrogen and oxygen atoms in total. The molecule has 0 bridgehead atoms. The lowest BCUT2D eigenvalue weighted by molar-refractivity contribution is 0.423. The van der Waals surface area contributed by atoms with Gasteiger partial charge in [0.05, 0.1) is 6.04 Å². The Morgan fingerprint density at radius 1 is 1.35 bits per heavy atom. The second kappa shape index (κ2) is 5.32. The minimum Gasteiger partial charge on any atom is -0.459 e. The molecule has 0 aliphatic carbocycles. The van der Waals surface area contributed by atoms with Gasteiger partial charge in [-0.3, -0.25) is 0 Å². The molecule has 0 saturated carbocycles. The Labute approximate surface area is 101 Å². The normalized spacial score (nSPS) is 13.1. The average molecular weight is 235 g/mol. The van der Waals surface area contributed by atoms with Crippen molar-refractivity contribution in [3.8, 4) is 0 Å². The Bertz CT molecular complexity index is 492. The first kappa shape index (κ1) is 12.1. The SMILES string of the molecule is CCCCC(NC)c1cc2cc(F)ccc2o1. The van der Waals surface area contributed by atoms with Crippen LogP contribution >= 0.6 is 0 Å². The van der Waals surface area contributed by atoms with Crippen LogP contribution < -0.4 is 5.32 Å². The monoisotopic (exact) mass is 235 g/mol. The van der Waals surface area contributed by atoms with Crippen LogP contribution in [0.5, 0.6) is 0 Å². The van der Waals surface area contributed by atoms with Gasteiger partial charge in [0, 0.05) is 5.39 Å². The second-order valence-corrected chi connectivity index (χ2v) is 4.31. The topological polar surface area (TPSA) is 25.2 Å². The third kappa shape index (κ3) is 2.67. The molecule has 0 saturated heterocycles. The molecule has 1 atom stereocenters. The van der Waals surface area contributed by atoms with Crippen LogP contribution in [0.2, 0.25) is 0 Å². The highest BCUT2D eigenvalue weighted by Crippen LogP contribution is 2.27. The summed E-state index contributed by atoms with van der Waals surface area (Å²) in [7, 11) is 1.92. The lowest BCUT2D eigenvalue weighted by atomic mass is 10.1. The number of hydrogen-bond acceptors (Lipinski definition) is 2. The molecule has 17 heavy (non-hydrogen) atoms. The van der Waals surface area contributed by atoms with E-state index in [0.29, 0.717) is 0 Å². The summed E-state index contributed by atoms with van der Waals surface area (Å²) in [5, 5.41) is 4.07. The van der Waals surface area contributed by atoms with E-state index in [2.05, 4.69) is 12.2 Å². The van der Waals surface area contributed by atoms with E-state index in [1.807, 2.05) is 13.1 Å². The van der Waals surface area contributed by atoms with E-state index in [1.54, 1.807) is 6.07 Å². The maximum atomic E-state index is 13.1. The van der Waals surface area contributed by atoms with Crippen molar-refractivity contribution in [1.29, 1.82) is 0 Å². The van der Waals surface area contributed by atoms with Gasteiger partial charge in [0.2, 0.25) is 0 Å². The Morgan fingerprint density at radius 2 is 2.18 bits per heavy atom. The van der Waals surface area contributed by atoms with Gasteiger partial charge < -0.3 is 9.73 Å². The summed E-state index contributed by atoms with van der Waals surface area (Å²) in [5.74, 6) is 0.668. The molecule has 2 rings (SSSR count). The van der Waals surface area contributed by atoms with Gasteiger partial charge in [-0.25, -0.2) is 4.39 Å². The lowest BCUT2D eigenvalue weighted by Crippen LogP contribution is -2.15. The summed E-state index contributed by atoms with van der Waals surface area (Å²) >= 11 is 0. The Hall–Kier alpha value is -1.35. The summed E-state index contributed by atoms with van der Waals surface area (Å²) in [6.07, 6.45) is 3.35. The highest BCUT2D eigenvalue weighted by molar-refractivity contribution is 5.78.